The minimum Gasteiger partial charge on any atom is -0.486 e. The standard InChI is InChI=1S/C12H15BrN2O2/c13-10-4-12-11(16-1-2-17-12)3-8(10)5-15-6-9(14)7-15/h3-4,9H,1-2,5-7,14H2. The molecule has 0 spiro atoms. The lowest BCUT2D eigenvalue weighted by atomic mass is 10.1. The molecule has 92 valence electrons. The molecular weight excluding hydrogens is 284 g/mol. The van der Waals surface area contributed by atoms with Gasteiger partial charge in [0, 0.05) is 30.1 Å². The molecule has 4 nitrogen and oxygen atoms in total. The van der Waals surface area contributed by atoms with E-state index in [1.54, 1.807) is 0 Å². The van der Waals surface area contributed by atoms with Crippen LogP contribution in [-0.4, -0.2) is 37.2 Å². The van der Waals surface area contributed by atoms with E-state index in [1.807, 2.05) is 6.07 Å². The van der Waals surface area contributed by atoms with Crippen molar-refractivity contribution in [2.24, 2.45) is 5.73 Å². The fourth-order valence-corrected chi connectivity index (χ4v) is 2.65. The van der Waals surface area contributed by atoms with Crippen molar-refractivity contribution in [2.75, 3.05) is 26.3 Å². The Kier molecular flexibility index (Phi) is 2.98. The predicted octanol–water partition coefficient (Wildman–Crippen LogP) is 1.36. The van der Waals surface area contributed by atoms with Gasteiger partial charge in [-0.1, -0.05) is 15.9 Å². The lowest BCUT2D eigenvalue weighted by Crippen LogP contribution is -2.54. The molecule has 3 rings (SSSR count). The first-order valence-corrected chi connectivity index (χ1v) is 6.57. The van der Waals surface area contributed by atoms with Crippen molar-refractivity contribution in [1.29, 1.82) is 0 Å². The van der Waals surface area contributed by atoms with E-state index in [-0.39, 0.29) is 0 Å². The molecule has 2 heterocycles. The van der Waals surface area contributed by atoms with E-state index in [1.165, 1.54) is 5.56 Å². The zero-order valence-corrected chi connectivity index (χ0v) is 11.1. The van der Waals surface area contributed by atoms with E-state index < -0.39 is 0 Å². The topological polar surface area (TPSA) is 47.7 Å². The summed E-state index contributed by atoms with van der Waals surface area (Å²) in [5.41, 5.74) is 7.00. The molecule has 1 aromatic rings. The normalized spacial score (nSPS) is 20.1. The molecule has 0 aromatic heterocycles. The fraction of sp³-hybridized carbons (Fsp3) is 0.500. The largest absolute Gasteiger partial charge is 0.486 e. The Labute approximate surface area is 109 Å². The smallest absolute Gasteiger partial charge is 0.162 e. The van der Waals surface area contributed by atoms with Crippen molar-refractivity contribution in [3.63, 3.8) is 0 Å². The highest BCUT2D eigenvalue weighted by molar-refractivity contribution is 9.10. The van der Waals surface area contributed by atoms with E-state index in [9.17, 15) is 0 Å². The van der Waals surface area contributed by atoms with Crippen LogP contribution in [-0.2, 0) is 6.54 Å². The van der Waals surface area contributed by atoms with E-state index in [4.69, 9.17) is 15.2 Å². The Morgan fingerprint density at radius 2 is 1.88 bits per heavy atom. The average molecular weight is 299 g/mol. The van der Waals surface area contributed by atoms with Crippen LogP contribution >= 0.6 is 15.9 Å². The molecule has 2 aliphatic rings. The van der Waals surface area contributed by atoms with E-state index in [2.05, 4.69) is 26.9 Å². The molecule has 0 unspecified atom stereocenters. The first-order valence-electron chi connectivity index (χ1n) is 5.78. The van der Waals surface area contributed by atoms with Crippen LogP contribution in [0, 0.1) is 0 Å². The number of fused-ring (bicyclic) bond motifs is 1. The summed E-state index contributed by atoms with van der Waals surface area (Å²) >= 11 is 3.58. The molecule has 5 heteroatoms. The van der Waals surface area contributed by atoms with Gasteiger partial charge in [-0.25, -0.2) is 0 Å². The zero-order chi connectivity index (χ0) is 11.8. The third kappa shape index (κ3) is 2.27. The lowest BCUT2D eigenvalue weighted by molar-refractivity contribution is 0.141. The second kappa shape index (κ2) is 4.48. The Morgan fingerprint density at radius 1 is 1.24 bits per heavy atom. The van der Waals surface area contributed by atoms with Crippen LogP contribution in [0.25, 0.3) is 0 Å². The van der Waals surface area contributed by atoms with Gasteiger partial charge in [0.1, 0.15) is 13.2 Å². The second-order valence-corrected chi connectivity index (χ2v) is 5.40. The van der Waals surface area contributed by atoms with Gasteiger partial charge in [-0.3, -0.25) is 4.90 Å². The number of likely N-dealkylation sites (tertiary alicyclic amines) is 1. The van der Waals surface area contributed by atoms with Crippen molar-refractivity contribution in [1.82, 2.24) is 4.90 Å². The van der Waals surface area contributed by atoms with E-state index in [0.717, 1.165) is 35.6 Å². The van der Waals surface area contributed by atoms with Gasteiger partial charge in [0.2, 0.25) is 0 Å². The third-order valence-corrected chi connectivity index (χ3v) is 3.83. The van der Waals surface area contributed by atoms with Crippen molar-refractivity contribution < 1.29 is 9.47 Å². The molecular formula is C12H15BrN2O2. The first kappa shape index (κ1) is 11.3. The zero-order valence-electron chi connectivity index (χ0n) is 9.49. The monoisotopic (exact) mass is 298 g/mol. The van der Waals surface area contributed by atoms with Crippen LogP contribution in [0.2, 0.25) is 0 Å². The highest BCUT2D eigenvalue weighted by Crippen LogP contribution is 2.36. The van der Waals surface area contributed by atoms with Gasteiger partial charge in [0.05, 0.1) is 0 Å². The Bertz CT molecular complexity index is 433. The molecule has 0 aliphatic carbocycles. The lowest BCUT2D eigenvalue weighted by Gasteiger charge is -2.37. The van der Waals surface area contributed by atoms with Crippen LogP contribution in [0.4, 0.5) is 0 Å². The Balaban J connectivity index is 1.79. The molecule has 0 amide bonds. The number of rotatable bonds is 2. The molecule has 2 N–H and O–H groups in total. The maximum atomic E-state index is 5.77. The van der Waals surface area contributed by atoms with Gasteiger partial charge in [0.15, 0.2) is 11.5 Å². The molecule has 2 aliphatic heterocycles. The number of benzene rings is 1. The summed E-state index contributed by atoms with van der Waals surface area (Å²) in [6.45, 7) is 4.11. The quantitative estimate of drug-likeness (QED) is 0.896. The number of nitrogens with two attached hydrogens (primary N) is 1. The van der Waals surface area contributed by atoms with Gasteiger partial charge in [0.25, 0.3) is 0 Å². The van der Waals surface area contributed by atoms with Gasteiger partial charge >= 0.3 is 0 Å². The minimum atomic E-state index is 0.339. The van der Waals surface area contributed by atoms with Crippen LogP contribution < -0.4 is 15.2 Å². The summed E-state index contributed by atoms with van der Waals surface area (Å²) in [7, 11) is 0. The summed E-state index contributed by atoms with van der Waals surface area (Å²) in [6.07, 6.45) is 0. The molecule has 1 fully saturated rings. The number of hydrogen-bond acceptors (Lipinski definition) is 4. The maximum absolute atomic E-state index is 5.77. The van der Waals surface area contributed by atoms with Crippen LogP contribution in [0.1, 0.15) is 5.56 Å². The van der Waals surface area contributed by atoms with Crippen molar-refractivity contribution in [2.45, 2.75) is 12.6 Å². The van der Waals surface area contributed by atoms with Crippen LogP contribution in [0.5, 0.6) is 11.5 Å². The summed E-state index contributed by atoms with van der Waals surface area (Å²) in [5.74, 6) is 1.67. The molecule has 0 atom stereocenters. The molecule has 0 saturated carbocycles. The Morgan fingerprint density at radius 3 is 2.53 bits per heavy atom. The summed E-state index contributed by atoms with van der Waals surface area (Å²) in [5, 5.41) is 0. The number of ether oxygens (including phenoxy) is 2. The SMILES string of the molecule is NC1CN(Cc2cc3c(cc2Br)OCCO3)C1. The second-order valence-electron chi connectivity index (χ2n) is 4.54. The van der Waals surface area contributed by atoms with E-state index >= 15 is 0 Å². The summed E-state index contributed by atoms with van der Waals surface area (Å²) in [6, 6.07) is 4.39. The highest BCUT2D eigenvalue weighted by atomic mass is 79.9. The van der Waals surface area contributed by atoms with Gasteiger partial charge in [-0.2, -0.15) is 0 Å². The van der Waals surface area contributed by atoms with Gasteiger partial charge in [-0.15, -0.1) is 0 Å². The molecule has 1 saturated heterocycles. The maximum Gasteiger partial charge on any atom is 0.162 e. The molecule has 0 radical (unpaired) electrons. The van der Waals surface area contributed by atoms with Crippen molar-refractivity contribution >= 4 is 15.9 Å². The molecule has 0 bridgehead atoms. The van der Waals surface area contributed by atoms with Crippen LogP contribution in [0.3, 0.4) is 0 Å². The average Bonchev–Trinajstić information content (AvgIpc) is 2.28. The van der Waals surface area contributed by atoms with Gasteiger partial charge < -0.3 is 15.2 Å². The fourth-order valence-electron chi connectivity index (χ4n) is 2.21. The van der Waals surface area contributed by atoms with Crippen molar-refractivity contribution in [3.05, 3.63) is 22.2 Å². The first-order chi connectivity index (χ1) is 8.22. The predicted molar refractivity (Wildman–Crippen MR) is 68.4 cm³/mol. The number of nitrogens with zero attached hydrogens (tertiary/aromatic N) is 1. The molecule has 17 heavy (non-hydrogen) atoms. The number of hydrogen-bond donors (Lipinski definition) is 1. The summed E-state index contributed by atoms with van der Waals surface area (Å²) < 4.78 is 12.2. The minimum absolute atomic E-state index is 0.339. The van der Waals surface area contributed by atoms with E-state index in [0.29, 0.717) is 19.3 Å². The highest BCUT2D eigenvalue weighted by Gasteiger charge is 2.24. The number of halogens is 1. The van der Waals surface area contributed by atoms with Crippen LogP contribution in [0.15, 0.2) is 16.6 Å². The van der Waals surface area contributed by atoms with Gasteiger partial charge in [-0.05, 0) is 17.7 Å². The summed E-state index contributed by atoms with van der Waals surface area (Å²) in [4.78, 5) is 2.32. The Hall–Kier alpha value is -0.780. The molecule has 1 aromatic carbocycles. The third-order valence-electron chi connectivity index (χ3n) is 3.09. The van der Waals surface area contributed by atoms with Crippen molar-refractivity contribution in [3.8, 4) is 11.5 Å².